The molecule has 0 aliphatic rings. The Morgan fingerprint density at radius 3 is 1.64 bits per heavy atom. The summed E-state index contributed by atoms with van der Waals surface area (Å²) in [7, 11) is 0. The van der Waals surface area contributed by atoms with Gasteiger partial charge in [-0.15, -0.1) is 10.5 Å². The first-order valence-electron chi connectivity index (χ1n) is 6.96. The first-order valence-corrected chi connectivity index (χ1v) is 10.1. The van der Waals surface area contributed by atoms with Crippen molar-refractivity contribution in [2.24, 2.45) is 0 Å². The van der Waals surface area contributed by atoms with Crippen LogP contribution in [0.3, 0.4) is 0 Å². The predicted molar refractivity (Wildman–Crippen MR) is 108 cm³/mol. The third-order valence-electron chi connectivity index (χ3n) is 3.49. The summed E-state index contributed by atoms with van der Waals surface area (Å²) in [6.45, 7) is 2.11. The maximum absolute atomic E-state index is 8.70. The number of ether oxygens (including phenoxy) is 2. The van der Waals surface area contributed by atoms with E-state index in [-0.39, 0.29) is 5.92 Å². The van der Waals surface area contributed by atoms with E-state index in [0.29, 0.717) is 29.4 Å². The van der Waals surface area contributed by atoms with E-state index < -0.39 is 0 Å². The molecule has 0 saturated carbocycles. The molecule has 0 heterocycles. The zero-order valence-corrected chi connectivity index (χ0v) is 19.2. The number of nitrogens with zero attached hydrogens (tertiary/aromatic N) is 2. The Balaban J connectivity index is 2.27. The second kappa shape index (κ2) is 9.05. The van der Waals surface area contributed by atoms with Gasteiger partial charge in [0.15, 0.2) is 11.5 Å². The number of halogens is 4. The van der Waals surface area contributed by atoms with Gasteiger partial charge in [0.1, 0.15) is 0 Å². The van der Waals surface area contributed by atoms with Gasteiger partial charge >= 0.3 is 0 Å². The van der Waals surface area contributed by atoms with E-state index in [2.05, 4.69) is 70.6 Å². The van der Waals surface area contributed by atoms with Crippen molar-refractivity contribution in [3.05, 3.63) is 53.3 Å². The second-order valence-corrected chi connectivity index (χ2v) is 8.61. The lowest BCUT2D eigenvalue weighted by Gasteiger charge is -2.16. The standard InChI is InChI=1S/C17H10Br4N2O2/c1-9(11-5-14(20)17(25-8-23)15(21)6-11)2-10-3-12(18)16(24-7-22)13(19)4-10/h3-6,9H,2H2,1H3. The van der Waals surface area contributed by atoms with Gasteiger partial charge in [-0.25, -0.2) is 0 Å². The Kier molecular flexibility index (Phi) is 7.33. The molecule has 0 fully saturated rings. The van der Waals surface area contributed by atoms with E-state index in [9.17, 15) is 0 Å². The molecule has 0 saturated heterocycles. The van der Waals surface area contributed by atoms with Crippen LogP contribution in [0.1, 0.15) is 24.0 Å². The Morgan fingerprint density at radius 1 is 0.840 bits per heavy atom. The van der Waals surface area contributed by atoms with Gasteiger partial charge < -0.3 is 9.47 Å². The second-order valence-electron chi connectivity index (χ2n) is 5.19. The molecular formula is C17H10Br4N2O2. The molecule has 1 unspecified atom stereocenters. The molecule has 0 aliphatic heterocycles. The Morgan fingerprint density at radius 2 is 1.24 bits per heavy atom. The third kappa shape index (κ3) is 4.98. The molecule has 1 atom stereocenters. The number of nitriles is 2. The van der Waals surface area contributed by atoms with Crippen molar-refractivity contribution in [2.75, 3.05) is 0 Å². The molecule has 0 N–H and O–H groups in total. The van der Waals surface area contributed by atoms with Crippen molar-refractivity contribution in [3.8, 4) is 24.0 Å². The summed E-state index contributed by atoms with van der Waals surface area (Å²) in [5.74, 6) is 1.13. The SMILES string of the molecule is CC(Cc1cc(Br)c(OC#N)c(Br)c1)c1cc(Br)c(OC#N)c(Br)c1. The maximum atomic E-state index is 8.70. The molecule has 0 spiro atoms. The van der Waals surface area contributed by atoms with E-state index in [4.69, 9.17) is 20.0 Å². The van der Waals surface area contributed by atoms with Crippen molar-refractivity contribution in [3.63, 3.8) is 0 Å². The summed E-state index contributed by atoms with van der Waals surface area (Å²) < 4.78 is 12.7. The molecular weight excluding hydrogens is 584 g/mol. The highest BCUT2D eigenvalue weighted by atomic mass is 79.9. The van der Waals surface area contributed by atoms with Gasteiger partial charge in [-0.3, -0.25) is 0 Å². The van der Waals surface area contributed by atoms with Gasteiger partial charge in [-0.1, -0.05) is 6.92 Å². The van der Waals surface area contributed by atoms with Crippen molar-refractivity contribution >= 4 is 63.7 Å². The molecule has 4 nitrogen and oxygen atoms in total. The fourth-order valence-corrected chi connectivity index (χ4v) is 5.18. The van der Waals surface area contributed by atoms with Gasteiger partial charge in [0.2, 0.25) is 0 Å². The number of benzene rings is 2. The predicted octanol–water partition coefficient (Wildman–Crippen LogP) is 6.80. The number of hydrogen-bond acceptors (Lipinski definition) is 4. The minimum Gasteiger partial charge on any atom is -0.386 e. The Labute approximate surface area is 179 Å². The van der Waals surface area contributed by atoms with Crippen LogP contribution < -0.4 is 9.47 Å². The summed E-state index contributed by atoms with van der Waals surface area (Å²) in [5.41, 5.74) is 2.18. The molecule has 2 aromatic carbocycles. The van der Waals surface area contributed by atoms with Crippen LogP contribution in [0.25, 0.3) is 0 Å². The molecule has 0 amide bonds. The highest BCUT2D eigenvalue weighted by molar-refractivity contribution is 9.11. The van der Waals surface area contributed by atoms with Crippen LogP contribution in [0.5, 0.6) is 11.5 Å². The molecule has 0 radical (unpaired) electrons. The van der Waals surface area contributed by atoms with Crippen LogP contribution in [-0.2, 0) is 6.42 Å². The van der Waals surface area contributed by atoms with E-state index in [0.717, 1.165) is 17.5 Å². The van der Waals surface area contributed by atoms with Crippen LogP contribution in [0.4, 0.5) is 0 Å². The van der Waals surface area contributed by atoms with Gasteiger partial charge in [-0.2, -0.15) is 0 Å². The summed E-state index contributed by atoms with van der Waals surface area (Å²) in [5, 5.41) is 17.4. The summed E-state index contributed by atoms with van der Waals surface area (Å²) in [6, 6.07) is 7.76. The quantitative estimate of drug-likeness (QED) is 0.358. The average molecular weight is 594 g/mol. The lowest BCUT2D eigenvalue weighted by Crippen LogP contribution is -2.00. The summed E-state index contributed by atoms with van der Waals surface area (Å²) in [6.07, 6.45) is 4.13. The fourth-order valence-electron chi connectivity index (χ4n) is 2.35. The lowest BCUT2D eigenvalue weighted by atomic mass is 9.93. The maximum Gasteiger partial charge on any atom is 0.292 e. The van der Waals surface area contributed by atoms with Crippen LogP contribution in [0.2, 0.25) is 0 Å². The van der Waals surface area contributed by atoms with Crippen molar-refractivity contribution in [2.45, 2.75) is 19.3 Å². The normalized spacial score (nSPS) is 11.3. The van der Waals surface area contributed by atoms with Gasteiger partial charge in [0, 0.05) is 0 Å². The van der Waals surface area contributed by atoms with Crippen LogP contribution in [0.15, 0.2) is 42.2 Å². The highest BCUT2D eigenvalue weighted by Crippen LogP contribution is 2.39. The van der Waals surface area contributed by atoms with Crippen molar-refractivity contribution in [1.29, 1.82) is 10.5 Å². The smallest absolute Gasteiger partial charge is 0.292 e. The van der Waals surface area contributed by atoms with Crippen molar-refractivity contribution < 1.29 is 9.47 Å². The Bertz CT molecular complexity index is 841. The topological polar surface area (TPSA) is 66.0 Å². The van der Waals surface area contributed by atoms with Gasteiger partial charge in [-0.05, 0) is 111 Å². The van der Waals surface area contributed by atoms with E-state index in [1.54, 1.807) is 12.5 Å². The van der Waals surface area contributed by atoms with Crippen LogP contribution >= 0.6 is 63.7 Å². The van der Waals surface area contributed by atoms with E-state index >= 15 is 0 Å². The van der Waals surface area contributed by atoms with Crippen LogP contribution in [-0.4, -0.2) is 0 Å². The minimum atomic E-state index is 0.213. The van der Waals surface area contributed by atoms with Gasteiger partial charge in [0.05, 0.1) is 17.9 Å². The first-order chi connectivity index (χ1) is 11.9. The molecule has 0 bridgehead atoms. The summed E-state index contributed by atoms with van der Waals surface area (Å²) >= 11 is 13.7. The van der Waals surface area contributed by atoms with E-state index in [1.165, 1.54) is 0 Å². The summed E-state index contributed by atoms with van der Waals surface area (Å²) in [4.78, 5) is 0. The highest BCUT2D eigenvalue weighted by Gasteiger charge is 2.16. The molecule has 25 heavy (non-hydrogen) atoms. The zero-order valence-electron chi connectivity index (χ0n) is 12.8. The molecule has 0 aromatic heterocycles. The third-order valence-corrected chi connectivity index (χ3v) is 5.84. The molecule has 8 heteroatoms. The van der Waals surface area contributed by atoms with Crippen LogP contribution in [0, 0.1) is 23.0 Å². The zero-order chi connectivity index (χ0) is 18.6. The molecule has 128 valence electrons. The largest absolute Gasteiger partial charge is 0.386 e. The lowest BCUT2D eigenvalue weighted by molar-refractivity contribution is 0.499. The first kappa shape index (κ1) is 20.3. The van der Waals surface area contributed by atoms with E-state index in [1.807, 2.05) is 24.3 Å². The van der Waals surface area contributed by atoms with Crippen molar-refractivity contribution in [1.82, 2.24) is 0 Å². The molecule has 2 rings (SSSR count). The average Bonchev–Trinajstić information content (AvgIpc) is 2.54. The fraction of sp³-hybridized carbons (Fsp3) is 0.176. The van der Waals surface area contributed by atoms with Gasteiger partial charge in [0.25, 0.3) is 12.5 Å². The Hall–Kier alpha value is -1.06. The molecule has 2 aromatic rings. The number of hydrogen-bond donors (Lipinski definition) is 0. The monoisotopic (exact) mass is 590 g/mol. The minimum absolute atomic E-state index is 0.213. The molecule has 0 aliphatic carbocycles. The number of rotatable bonds is 5.